The van der Waals surface area contributed by atoms with Crippen LogP contribution in [0.25, 0.3) is 6.08 Å². The highest BCUT2D eigenvalue weighted by molar-refractivity contribution is 6.01. The first-order valence-electron chi connectivity index (χ1n) is 7.65. The van der Waals surface area contributed by atoms with E-state index in [2.05, 4.69) is 17.0 Å². The average Bonchev–Trinajstić information content (AvgIpc) is 3.08. The van der Waals surface area contributed by atoms with Crippen molar-refractivity contribution in [2.45, 2.75) is 25.9 Å². The van der Waals surface area contributed by atoms with Gasteiger partial charge in [-0.15, -0.1) is 0 Å². The van der Waals surface area contributed by atoms with Gasteiger partial charge in [0, 0.05) is 17.7 Å². The van der Waals surface area contributed by atoms with Crippen molar-refractivity contribution < 1.29 is 22.7 Å². The summed E-state index contributed by atoms with van der Waals surface area (Å²) >= 11 is 0. The lowest BCUT2D eigenvalue weighted by molar-refractivity contribution is -0.111. The minimum absolute atomic E-state index is 0.0379. The van der Waals surface area contributed by atoms with Crippen LogP contribution in [0, 0.1) is 5.92 Å². The van der Waals surface area contributed by atoms with Gasteiger partial charge in [0.05, 0.1) is 0 Å². The molecule has 2 aromatic rings. The van der Waals surface area contributed by atoms with Gasteiger partial charge in [0.25, 0.3) is 0 Å². The van der Waals surface area contributed by atoms with E-state index >= 15 is 0 Å². The molecule has 1 heterocycles. The van der Waals surface area contributed by atoms with Gasteiger partial charge < -0.3 is 14.5 Å². The molecule has 1 aromatic heterocycles. The second-order valence-corrected chi connectivity index (χ2v) is 5.79. The molecule has 4 nitrogen and oxygen atoms in total. The topological polar surface area (TPSA) is 51.5 Å². The van der Waals surface area contributed by atoms with Crippen LogP contribution in [0.15, 0.2) is 46.9 Å². The number of amides is 1. The van der Waals surface area contributed by atoms with E-state index in [0.717, 1.165) is 12.2 Å². The molecule has 0 radical (unpaired) electrons. The number of halogens is 2. The molecule has 3 rings (SSSR count). The van der Waals surface area contributed by atoms with Crippen LogP contribution in [-0.4, -0.2) is 12.5 Å². The molecule has 0 saturated heterocycles. The van der Waals surface area contributed by atoms with Crippen LogP contribution in [0.3, 0.4) is 0 Å². The minimum Gasteiger partial charge on any atom is -0.461 e. The van der Waals surface area contributed by atoms with Gasteiger partial charge >= 0.3 is 6.61 Å². The molecule has 2 atom stereocenters. The number of carbonyl (C=O) groups is 1. The van der Waals surface area contributed by atoms with Crippen LogP contribution < -0.4 is 10.1 Å². The van der Waals surface area contributed by atoms with E-state index in [0.29, 0.717) is 23.3 Å². The molecule has 1 aliphatic rings. The molecule has 1 aliphatic carbocycles. The number of anilines is 1. The van der Waals surface area contributed by atoms with Crippen LogP contribution in [0.5, 0.6) is 5.75 Å². The largest absolute Gasteiger partial charge is 0.461 e. The van der Waals surface area contributed by atoms with E-state index in [1.165, 1.54) is 30.3 Å². The van der Waals surface area contributed by atoms with Gasteiger partial charge in [-0.2, -0.15) is 8.78 Å². The first-order valence-corrected chi connectivity index (χ1v) is 7.65. The Morgan fingerprint density at radius 3 is 2.62 bits per heavy atom. The van der Waals surface area contributed by atoms with Gasteiger partial charge in [-0.05, 0) is 54.8 Å². The zero-order valence-corrected chi connectivity index (χ0v) is 13.0. The third-order valence-corrected chi connectivity index (χ3v) is 3.87. The molecule has 0 aliphatic heterocycles. The van der Waals surface area contributed by atoms with Gasteiger partial charge in [-0.25, -0.2) is 0 Å². The van der Waals surface area contributed by atoms with Crippen molar-refractivity contribution >= 4 is 17.7 Å². The molecule has 126 valence electrons. The van der Waals surface area contributed by atoms with E-state index in [-0.39, 0.29) is 11.7 Å². The molecular weight excluding hydrogens is 316 g/mol. The predicted octanol–water partition coefficient (Wildman–Crippen LogP) is 4.66. The van der Waals surface area contributed by atoms with Crippen molar-refractivity contribution in [2.24, 2.45) is 5.92 Å². The fourth-order valence-electron chi connectivity index (χ4n) is 2.44. The summed E-state index contributed by atoms with van der Waals surface area (Å²) in [4.78, 5) is 11.9. The maximum atomic E-state index is 12.1. The third-order valence-electron chi connectivity index (χ3n) is 3.87. The first-order chi connectivity index (χ1) is 11.5. The SMILES string of the molecule is CC1CC1c1ccc(/C=C/C(=O)Nc2ccc(OC(F)F)cc2)o1. The number of rotatable bonds is 6. The van der Waals surface area contributed by atoms with Crippen molar-refractivity contribution in [1.82, 2.24) is 0 Å². The number of alkyl halides is 2. The predicted molar refractivity (Wildman–Crippen MR) is 86.0 cm³/mol. The Morgan fingerprint density at radius 1 is 1.29 bits per heavy atom. The van der Waals surface area contributed by atoms with E-state index in [4.69, 9.17) is 4.42 Å². The second kappa shape index (κ2) is 6.86. The van der Waals surface area contributed by atoms with Crippen molar-refractivity contribution in [3.8, 4) is 5.75 Å². The standard InChI is InChI=1S/C18H17F2NO3/c1-11-10-15(11)16-8-6-13(23-16)7-9-17(22)21-12-2-4-14(5-3-12)24-18(19)20/h2-9,11,15,18H,10H2,1H3,(H,21,22)/b9-7+. The number of carbonyl (C=O) groups excluding carboxylic acids is 1. The number of hydrogen-bond acceptors (Lipinski definition) is 3. The van der Waals surface area contributed by atoms with Crippen molar-refractivity contribution in [2.75, 3.05) is 5.32 Å². The summed E-state index contributed by atoms with van der Waals surface area (Å²) in [6.45, 7) is -0.696. The molecule has 1 fully saturated rings. The second-order valence-electron chi connectivity index (χ2n) is 5.79. The summed E-state index contributed by atoms with van der Waals surface area (Å²) < 4.78 is 34.0. The molecule has 1 aromatic carbocycles. The summed E-state index contributed by atoms with van der Waals surface area (Å²) in [6.07, 6.45) is 4.10. The van der Waals surface area contributed by atoms with Crippen LogP contribution in [0.1, 0.15) is 30.8 Å². The number of ether oxygens (including phenoxy) is 1. The number of benzene rings is 1. The van der Waals surface area contributed by atoms with Crippen LogP contribution in [-0.2, 0) is 4.79 Å². The number of hydrogen-bond donors (Lipinski definition) is 1. The summed E-state index contributed by atoms with van der Waals surface area (Å²) in [7, 11) is 0. The van der Waals surface area contributed by atoms with Crippen molar-refractivity contribution in [1.29, 1.82) is 0 Å². The Balaban J connectivity index is 1.54. The van der Waals surface area contributed by atoms with Crippen molar-refractivity contribution in [3.05, 3.63) is 54.0 Å². The fourth-order valence-corrected chi connectivity index (χ4v) is 2.44. The van der Waals surface area contributed by atoms with E-state index in [1.54, 1.807) is 6.08 Å². The molecule has 0 bridgehead atoms. The first kappa shape index (κ1) is 16.2. The molecule has 1 saturated carbocycles. The monoisotopic (exact) mass is 333 g/mol. The Kier molecular flexibility index (Phi) is 4.64. The van der Waals surface area contributed by atoms with Crippen LogP contribution in [0.2, 0.25) is 0 Å². The van der Waals surface area contributed by atoms with E-state index in [1.807, 2.05) is 12.1 Å². The fraction of sp³-hybridized carbons (Fsp3) is 0.278. The normalized spacial score (nSPS) is 19.7. The molecule has 6 heteroatoms. The number of nitrogens with one attached hydrogen (secondary N) is 1. The lowest BCUT2D eigenvalue weighted by Crippen LogP contribution is -2.07. The third kappa shape index (κ3) is 4.22. The molecule has 1 N–H and O–H groups in total. The Morgan fingerprint density at radius 2 is 2.00 bits per heavy atom. The Hall–Kier alpha value is -2.63. The summed E-state index contributed by atoms with van der Waals surface area (Å²) in [5, 5.41) is 2.63. The lowest BCUT2D eigenvalue weighted by atomic mass is 10.3. The Labute approximate surface area is 138 Å². The zero-order chi connectivity index (χ0) is 17.1. The van der Waals surface area contributed by atoms with Gasteiger partial charge in [-0.3, -0.25) is 4.79 Å². The average molecular weight is 333 g/mol. The maximum absolute atomic E-state index is 12.1. The highest BCUT2D eigenvalue weighted by atomic mass is 19.3. The van der Waals surface area contributed by atoms with Crippen molar-refractivity contribution in [3.63, 3.8) is 0 Å². The van der Waals surface area contributed by atoms with E-state index in [9.17, 15) is 13.6 Å². The van der Waals surface area contributed by atoms with E-state index < -0.39 is 6.61 Å². The molecule has 0 spiro atoms. The summed E-state index contributed by atoms with van der Waals surface area (Å²) in [5.41, 5.74) is 0.484. The molecule has 2 unspecified atom stereocenters. The number of furan rings is 1. The van der Waals surface area contributed by atoms with Gasteiger partial charge in [0.15, 0.2) is 0 Å². The Bertz CT molecular complexity index is 737. The summed E-state index contributed by atoms with van der Waals surface area (Å²) in [6, 6.07) is 9.47. The highest BCUT2D eigenvalue weighted by Crippen LogP contribution is 2.47. The summed E-state index contributed by atoms with van der Waals surface area (Å²) in [5.74, 6) is 2.44. The molecular formula is C18H17F2NO3. The smallest absolute Gasteiger partial charge is 0.387 e. The highest BCUT2D eigenvalue weighted by Gasteiger charge is 2.36. The minimum atomic E-state index is -2.87. The quantitative estimate of drug-likeness (QED) is 0.783. The van der Waals surface area contributed by atoms with Gasteiger partial charge in [0.1, 0.15) is 17.3 Å². The van der Waals surface area contributed by atoms with Crippen LogP contribution >= 0.6 is 0 Å². The zero-order valence-electron chi connectivity index (χ0n) is 13.0. The molecule has 1 amide bonds. The van der Waals surface area contributed by atoms with Gasteiger partial charge in [0.2, 0.25) is 5.91 Å². The van der Waals surface area contributed by atoms with Gasteiger partial charge in [-0.1, -0.05) is 6.92 Å². The molecule has 24 heavy (non-hydrogen) atoms. The lowest BCUT2D eigenvalue weighted by Gasteiger charge is -2.06. The van der Waals surface area contributed by atoms with Crippen LogP contribution in [0.4, 0.5) is 14.5 Å². The maximum Gasteiger partial charge on any atom is 0.387 e.